The number of carboxylic acids is 1. The highest BCUT2D eigenvalue weighted by atomic mass is 35.5. The number of nitrogens with zero attached hydrogens (tertiary/aromatic N) is 1. The first-order chi connectivity index (χ1) is 9.88. The van der Waals surface area contributed by atoms with Crippen molar-refractivity contribution in [1.29, 1.82) is 0 Å². The maximum absolute atomic E-state index is 11.9. The molecule has 0 aliphatic rings. The first-order valence-electron chi connectivity index (χ1n) is 5.48. The number of carbonyl (C=O) groups is 2. The highest BCUT2D eigenvalue weighted by Crippen LogP contribution is 2.32. The van der Waals surface area contributed by atoms with Gasteiger partial charge in [0.1, 0.15) is 5.69 Å². The third kappa shape index (κ3) is 3.39. The van der Waals surface area contributed by atoms with Crippen LogP contribution in [0.5, 0.6) is 0 Å². The van der Waals surface area contributed by atoms with E-state index in [9.17, 15) is 14.4 Å². The molecule has 0 unspecified atom stereocenters. The van der Waals surface area contributed by atoms with Gasteiger partial charge in [-0.2, -0.15) is 5.10 Å². The number of halogens is 2. The van der Waals surface area contributed by atoms with E-state index in [1.54, 1.807) is 0 Å². The number of benzene rings is 1. The molecule has 3 N–H and O–H groups in total. The Bertz CT molecular complexity index is 745. The van der Waals surface area contributed by atoms with Crippen LogP contribution in [0.1, 0.15) is 20.8 Å². The van der Waals surface area contributed by atoms with Crippen LogP contribution in [0.2, 0.25) is 10.0 Å². The molecule has 1 aromatic heterocycles. The zero-order valence-electron chi connectivity index (χ0n) is 10.2. The smallest absolute Gasteiger partial charge is 0.335 e. The van der Waals surface area contributed by atoms with E-state index in [0.717, 1.165) is 18.2 Å². The van der Waals surface area contributed by atoms with Gasteiger partial charge in [-0.1, -0.05) is 23.2 Å². The molecular weight excluding hydrogens is 321 g/mol. The Morgan fingerprint density at radius 1 is 1.19 bits per heavy atom. The van der Waals surface area contributed by atoms with Gasteiger partial charge in [0.25, 0.3) is 11.5 Å². The molecule has 2 rings (SSSR count). The molecule has 2 aromatic rings. The van der Waals surface area contributed by atoms with E-state index < -0.39 is 17.4 Å². The number of aromatic nitrogens is 2. The minimum Gasteiger partial charge on any atom is -0.478 e. The molecule has 7 nitrogen and oxygen atoms in total. The number of nitrogens with one attached hydrogen (secondary N) is 2. The van der Waals surface area contributed by atoms with Gasteiger partial charge < -0.3 is 10.4 Å². The molecule has 0 spiro atoms. The largest absolute Gasteiger partial charge is 0.478 e. The summed E-state index contributed by atoms with van der Waals surface area (Å²) in [4.78, 5) is 33.6. The predicted molar refractivity (Wildman–Crippen MR) is 76.2 cm³/mol. The van der Waals surface area contributed by atoms with Crippen LogP contribution in [0.15, 0.2) is 29.1 Å². The van der Waals surface area contributed by atoms with Gasteiger partial charge in [0.2, 0.25) is 0 Å². The zero-order valence-corrected chi connectivity index (χ0v) is 11.7. The third-order valence-electron chi connectivity index (χ3n) is 2.44. The Balaban J connectivity index is 2.31. The summed E-state index contributed by atoms with van der Waals surface area (Å²) in [6.07, 6.45) is 0. The highest BCUT2D eigenvalue weighted by Gasteiger charge is 2.16. The summed E-state index contributed by atoms with van der Waals surface area (Å²) in [5.74, 6) is -1.85. The zero-order chi connectivity index (χ0) is 15.6. The van der Waals surface area contributed by atoms with Crippen molar-refractivity contribution in [2.24, 2.45) is 0 Å². The summed E-state index contributed by atoms with van der Waals surface area (Å²) in [6, 6.07) is 4.68. The summed E-state index contributed by atoms with van der Waals surface area (Å²) in [6.45, 7) is 0. The Morgan fingerprint density at radius 2 is 1.81 bits per heavy atom. The molecule has 0 bridgehead atoms. The number of hydrogen-bond donors (Lipinski definition) is 3. The molecule has 1 aromatic carbocycles. The molecule has 1 amide bonds. The van der Waals surface area contributed by atoms with E-state index in [-0.39, 0.29) is 27.0 Å². The predicted octanol–water partition coefficient (Wildman–Crippen LogP) is 2.03. The van der Waals surface area contributed by atoms with Crippen molar-refractivity contribution < 1.29 is 14.7 Å². The van der Waals surface area contributed by atoms with E-state index in [4.69, 9.17) is 28.3 Å². The van der Waals surface area contributed by atoms with Crippen LogP contribution >= 0.6 is 23.2 Å². The van der Waals surface area contributed by atoms with E-state index in [1.165, 1.54) is 6.07 Å². The summed E-state index contributed by atoms with van der Waals surface area (Å²) in [5, 5.41) is 16.9. The lowest BCUT2D eigenvalue weighted by molar-refractivity contribution is 0.0696. The summed E-state index contributed by atoms with van der Waals surface area (Å²) in [5.41, 5.74) is -0.552. The average Bonchev–Trinajstić information content (AvgIpc) is 2.43. The fraction of sp³-hybridized carbons (Fsp3) is 0. The number of anilines is 1. The number of aromatic amines is 1. The van der Waals surface area contributed by atoms with Gasteiger partial charge in [-0.05, 0) is 18.2 Å². The number of hydrogen-bond acceptors (Lipinski definition) is 4. The molecule has 108 valence electrons. The van der Waals surface area contributed by atoms with Crippen molar-refractivity contribution in [2.75, 3.05) is 5.32 Å². The van der Waals surface area contributed by atoms with Crippen molar-refractivity contribution in [3.8, 4) is 0 Å². The van der Waals surface area contributed by atoms with E-state index in [2.05, 4.69) is 15.5 Å². The van der Waals surface area contributed by atoms with Crippen molar-refractivity contribution >= 4 is 40.8 Å². The molecule has 0 radical (unpaired) electrons. The lowest BCUT2D eigenvalue weighted by Gasteiger charge is -2.09. The van der Waals surface area contributed by atoms with Crippen molar-refractivity contribution in [2.45, 2.75) is 0 Å². The van der Waals surface area contributed by atoms with Crippen LogP contribution in [0.25, 0.3) is 0 Å². The second-order valence-corrected chi connectivity index (χ2v) is 4.70. The SMILES string of the molecule is O=C(O)c1cc(Cl)c(NC(=O)c2ccc(=O)[nH]n2)c(Cl)c1. The first-order valence-corrected chi connectivity index (χ1v) is 6.23. The molecule has 1 heterocycles. The lowest BCUT2D eigenvalue weighted by Crippen LogP contribution is -2.18. The first kappa shape index (κ1) is 15.0. The number of rotatable bonds is 3. The molecular formula is C12H7Cl2N3O4. The van der Waals surface area contributed by atoms with Crippen molar-refractivity contribution in [3.63, 3.8) is 0 Å². The monoisotopic (exact) mass is 327 g/mol. The van der Waals surface area contributed by atoms with Crippen LogP contribution < -0.4 is 10.9 Å². The standard InChI is InChI=1S/C12H7Cl2N3O4/c13-6-3-5(12(20)21)4-7(14)10(6)15-11(19)8-1-2-9(18)17-16-8/h1-4H,(H,15,19)(H,17,18)(H,20,21). The van der Waals surface area contributed by atoms with E-state index in [0.29, 0.717) is 0 Å². The summed E-state index contributed by atoms with van der Waals surface area (Å²) in [7, 11) is 0. The second-order valence-electron chi connectivity index (χ2n) is 3.88. The maximum Gasteiger partial charge on any atom is 0.335 e. The van der Waals surface area contributed by atoms with Gasteiger partial charge in [0.15, 0.2) is 0 Å². The van der Waals surface area contributed by atoms with Gasteiger partial charge in [-0.3, -0.25) is 9.59 Å². The molecule has 9 heteroatoms. The number of carbonyl (C=O) groups excluding carboxylic acids is 1. The second kappa shape index (κ2) is 5.94. The van der Waals surface area contributed by atoms with Gasteiger partial charge in [-0.15, -0.1) is 0 Å². The molecule has 0 aliphatic carbocycles. The number of carboxylic acid groups (broad SMARTS) is 1. The highest BCUT2D eigenvalue weighted by molar-refractivity contribution is 6.40. The van der Waals surface area contributed by atoms with Crippen molar-refractivity contribution in [1.82, 2.24) is 10.2 Å². The minimum atomic E-state index is -1.20. The van der Waals surface area contributed by atoms with Gasteiger partial charge in [0.05, 0.1) is 21.3 Å². The fourth-order valence-corrected chi connectivity index (χ4v) is 2.05. The van der Waals surface area contributed by atoms with Gasteiger partial charge in [-0.25, -0.2) is 9.89 Å². The number of aromatic carboxylic acids is 1. The Morgan fingerprint density at radius 3 is 2.29 bits per heavy atom. The number of amides is 1. The fourth-order valence-electron chi connectivity index (χ4n) is 1.46. The third-order valence-corrected chi connectivity index (χ3v) is 3.04. The average molecular weight is 328 g/mol. The lowest BCUT2D eigenvalue weighted by atomic mass is 10.2. The summed E-state index contributed by atoms with van der Waals surface area (Å²) < 4.78 is 0. The van der Waals surface area contributed by atoms with Crippen LogP contribution in [-0.4, -0.2) is 27.2 Å². The summed E-state index contributed by atoms with van der Waals surface area (Å²) >= 11 is 11.8. The Kier molecular flexibility index (Phi) is 4.25. The molecule has 0 saturated heterocycles. The van der Waals surface area contributed by atoms with Crippen LogP contribution in [0, 0.1) is 0 Å². The number of H-pyrrole nitrogens is 1. The molecule has 0 aliphatic heterocycles. The van der Waals surface area contributed by atoms with Gasteiger partial charge >= 0.3 is 5.97 Å². The van der Waals surface area contributed by atoms with E-state index in [1.807, 2.05) is 0 Å². The van der Waals surface area contributed by atoms with Crippen molar-refractivity contribution in [3.05, 3.63) is 55.9 Å². The quantitative estimate of drug-likeness (QED) is 0.798. The Hall–Kier alpha value is -2.38. The van der Waals surface area contributed by atoms with Crippen LogP contribution in [-0.2, 0) is 0 Å². The molecule has 0 atom stereocenters. The molecule has 0 fully saturated rings. The molecule has 0 saturated carbocycles. The molecule has 21 heavy (non-hydrogen) atoms. The van der Waals surface area contributed by atoms with E-state index >= 15 is 0 Å². The van der Waals surface area contributed by atoms with Crippen LogP contribution in [0.3, 0.4) is 0 Å². The van der Waals surface area contributed by atoms with Crippen LogP contribution in [0.4, 0.5) is 5.69 Å². The topological polar surface area (TPSA) is 112 Å². The van der Waals surface area contributed by atoms with Gasteiger partial charge in [0, 0.05) is 6.07 Å². The normalized spacial score (nSPS) is 10.2. The maximum atomic E-state index is 11.9. The Labute approximate surface area is 127 Å². The minimum absolute atomic E-state index is 0.0299.